The Morgan fingerprint density at radius 3 is 3.21 bits per heavy atom. The molecule has 1 unspecified atom stereocenters. The van der Waals surface area contributed by atoms with Crippen molar-refractivity contribution < 1.29 is 4.74 Å². The van der Waals surface area contributed by atoms with Crippen LogP contribution in [0.5, 0.6) is 0 Å². The van der Waals surface area contributed by atoms with Crippen molar-refractivity contribution in [3.05, 3.63) is 10.4 Å². The van der Waals surface area contributed by atoms with Gasteiger partial charge in [-0.3, -0.25) is 0 Å². The van der Waals surface area contributed by atoms with E-state index >= 15 is 0 Å². The first-order valence-corrected chi connectivity index (χ1v) is 5.09. The Morgan fingerprint density at radius 1 is 1.64 bits per heavy atom. The molecule has 0 aromatic heterocycles. The summed E-state index contributed by atoms with van der Waals surface area (Å²) < 4.78 is 5.15. The molecule has 1 aliphatic heterocycles. The topological polar surface area (TPSA) is 61.2 Å². The van der Waals surface area contributed by atoms with E-state index in [0.717, 1.165) is 26.2 Å². The molecule has 1 heterocycles. The Kier molecular flexibility index (Phi) is 5.37. The van der Waals surface area contributed by atoms with Crippen molar-refractivity contribution in [3.8, 4) is 0 Å². The van der Waals surface area contributed by atoms with Crippen molar-refractivity contribution >= 4 is 0 Å². The van der Waals surface area contributed by atoms with Crippen LogP contribution in [0.3, 0.4) is 0 Å². The molecule has 1 saturated heterocycles. The van der Waals surface area contributed by atoms with Gasteiger partial charge in [0.15, 0.2) is 0 Å². The minimum Gasteiger partial charge on any atom is -0.384 e. The van der Waals surface area contributed by atoms with Crippen LogP contribution >= 0.6 is 0 Å². The number of nitrogens with zero attached hydrogens (tertiary/aromatic N) is 4. The maximum Gasteiger partial charge on any atom is 0.0502 e. The number of rotatable bonds is 5. The molecule has 0 aromatic carbocycles. The lowest BCUT2D eigenvalue weighted by Gasteiger charge is -2.31. The maximum atomic E-state index is 8.15. The zero-order valence-electron chi connectivity index (χ0n) is 8.72. The van der Waals surface area contributed by atoms with Crippen molar-refractivity contribution in [1.29, 1.82) is 0 Å². The fourth-order valence-electron chi connectivity index (χ4n) is 1.96. The maximum absolute atomic E-state index is 8.15. The summed E-state index contributed by atoms with van der Waals surface area (Å²) in [6.07, 6.45) is 2.48. The van der Waals surface area contributed by atoms with Crippen LogP contribution in [0.25, 0.3) is 10.4 Å². The van der Waals surface area contributed by atoms with Crippen molar-refractivity contribution in [2.24, 2.45) is 11.0 Å². The van der Waals surface area contributed by atoms with E-state index in [4.69, 9.17) is 10.3 Å². The average molecular weight is 198 g/mol. The van der Waals surface area contributed by atoms with Crippen molar-refractivity contribution in [1.82, 2.24) is 4.90 Å². The lowest BCUT2D eigenvalue weighted by molar-refractivity contribution is 0.0921. The van der Waals surface area contributed by atoms with Crippen LogP contribution in [0.4, 0.5) is 0 Å². The van der Waals surface area contributed by atoms with E-state index in [1.165, 1.54) is 12.8 Å². The standard InChI is InChI=1S/C9H18N4O/c1-14-8-9-3-2-5-13(7-9)6-4-11-12-10/h9H,2-8H2,1H3. The molecule has 0 aromatic rings. The van der Waals surface area contributed by atoms with Gasteiger partial charge >= 0.3 is 0 Å². The van der Waals surface area contributed by atoms with Crippen LogP contribution in [0.1, 0.15) is 12.8 Å². The Hall–Kier alpha value is -0.770. The molecular weight excluding hydrogens is 180 g/mol. The smallest absolute Gasteiger partial charge is 0.0502 e. The predicted molar refractivity (Wildman–Crippen MR) is 55.1 cm³/mol. The molecule has 1 rings (SSSR count). The van der Waals surface area contributed by atoms with Crippen molar-refractivity contribution in [2.75, 3.05) is 39.9 Å². The van der Waals surface area contributed by atoms with Gasteiger partial charge in [-0.25, -0.2) is 0 Å². The number of likely N-dealkylation sites (tertiary alicyclic amines) is 1. The first-order chi connectivity index (χ1) is 6.86. The van der Waals surface area contributed by atoms with Gasteiger partial charge in [-0.1, -0.05) is 5.11 Å². The first kappa shape index (κ1) is 11.3. The van der Waals surface area contributed by atoms with Crippen molar-refractivity contribution in [3.63, 3.8) is 0 Å². The van der Waals surface area contributed by atoms with E-state index < -0.39 is 0 Å². The minimum atomic E-state index is 0.580. The quantitative estimate of drug-likeness (QED) is 0.383. The Morgan fingerprint density at radius 2 is 2.50 bits per heavy atom. The zero-order chi connectivity index (χ0) is 10.2. The number of azide groups is 1. The molecule has 5 nitrogen and oxygen atoms in total. The minimum absolute atomic E-state index is 0.580. The van der Waals surface area contributed by atoms with Crippen LogP contribution in [0, 0.1) is 5.92 Å². The van der Waals surface area contributed by atoms with Crippen LogP contribution in [-0.2, 0) is 4.74 Å². The summed E-state index contributed by atoms with van der Waals surface area (Å²) in [5.41, 5.74) is 8.15. The van der Waals surface area contributed by atoms with E-state index in [0.29, 0.717) is 12.5 Å². The summed E-state index contributed by atoms with van der Waals surface area (Å²) in [6, 6.07) is 0. The molecule has 80 valence electrons. The van der Waals surface area contributed by atoms with Crippen LogP contribution in [0.15, 0.2) is 5.11 Å². The summed E-state index contributed by atoms with van der Waals surface area (Å²) in [5.74, 6) is 0.653. The first-order valence-electron chi connectivity index (χ1n) is 5.09. The molecule has 0 radical (unpaired) electrons. The molecule has 1 fully saturated rings. The summed E-state index contributed by atoms with van der Waals surface area (Å²) in [4.78, 5) is 5.10. The fraction of sp³-hybridized carbons (Fsp3) is 1.00. The second kappa shape index (κ2) is 6.65. The number of piperidine rings is 1. The van der Waals surface area contributed by atoms with E-state index in [1.54, 1.807) is 7.11 Å². The lowest BCUT2D eigenvalue weighted by Crippen LogP contribution is -2.38. The van der Waals surface area contributed by atoms with Gasteiger partial charge in [0.25, 0.3) is 0 Å². The van der Waals surface area contributed by atoms with Crippen LogP contribution in [0.2, 0.25) is 0 Å². The molecule has 0 N–H and O–H groups in total. The largest absolute Gasteiger partial charge is 0.384 e. The van der Waals surface area contributed by atoms with Crippen LogP contribution < -0.4 is 0 Å². The van der Waals surface area contributed by atoms with Gasteiger partial charge in [-0.05, 0) is 30.8 Å². The van der Waals surface area contributed by atoms with E-state index in [-0.39, 0.29) is 0 Å². The normalized spacial score (nSPS) is 23.1. The van der Waals surface area contributed by atoms with Gasteiger partial charge in [0.2, 0.25) is 0 Å². The summed E-state index contributed by atoms with van der Waals surface area (Å²) >= 11 is 0. The van der Waals surface area contributed by atoms with Gasteiger partial charge < -0.3 is 9.64 Å². The summed E-state index contributed by atoms with van der Waals surface area (Å²) in [7, 11) is 1.75. The van der Waals surface area contributed by atoms with E-state index in [1.807, 2.05) is 0 Å². The van der Waals surface area contributed by atoms with E-state index in [2.05, 4.69) is 14.9 Å². The van der Waals surface area contributed by atoms with Gasteiger partial charge in [0.1, 0.15) is 0 Å². The predicted octanol–water partition coefficient (Wildman–Crippen LogP) is 1.66. The second-order valence-electron chi connectivity index (χ2n) is 3.72. The third kappa shape index (κ3) is 3.96. The third-order valence-corrected chi connectivity index (χ3v) is 2.58. The molecule has 5 heteroatoms. The highest BCUT2D eigenvalue weighted by Gasteiger charge is 2.18. The highest BCUT2D eigenvalue weighted by atomic mass is 16.5. The van der Waals surface area contributed by atoms with E-state index in [9.17, 15) is 0 Å². The molecule has 0 bridgehead atoms. The zero-order valence-corrected chi connectivity index (χ0v) is 8.72. The SMILES string of the molecule is COCC1CCCN(CCN=[N+]=[N-])C1. The fourth-order valence-corrected chi connectivity index (χ4v) is 1.96. The highest BCUT2D eigenvalue weighted by molar-refractivity contribution is 4.73. The molecule has 1 aliphatic rings. The van der Waals surface area contributed by atoms with Crippen molar-refractivity contribution in [2.45, 2.75) is 12.8 Å². The van der Waals surface area contributed by atoms with Gasteiger partial charge in [0.05, 0.1) is 6.61 Å². The molecule has 0 amide bonds. The lowest BCUT2D eigenvalue weighted by atomic mass is 9.99. The van der Waals surface area contributed by atoms with Crippen LogP contribution in [-0.4, -0.2) is 44.8 Å². The third-order valence-electron chi connectivity index (χ3n) is 2.58. The number of ether oxygens (including phenoxy) is 1. The number of hydrogen-bond donors (Lipinski definition) is 0. The monoisotopic (exact) mass is 198 g/mol. The average Bonchev–Trinajstić information content (AvgIpc) is 2.19. The number of hydrogen-bond acceptors (Lipinski definition) is 3. The highest BCUT2D eigenvalue weighted by Crippen LogP contribution is 2.15. The molecular formula is C9H18N4O. The molecule has 14 heavy (non-hydrogen) atoms. The van der Waals surface area contributed by atoms with Gasteiger partial charge in [-0.15, -0.1) is 0 Å². The summed E-state index contributed by atoms with van der Waals surface area (Å²) in [6.45, 7) is 4.51. The van der Waals surface area contributed by atoms with Gasteiger partial charge in [0, 0.05) is 31.7 Å². The molecule has 0 saturated carbocycles. The molecule has 0 aliphatic carbocycles. The van der Waals surface area contributed by atoms with Gasteiger partial charge in [-0.2, -0.15) is 0 Å². The molecule has 0 spiro atoms. The Balaban J connectivity index is 2.21. The molecule has 1 atom stereocenters. The Bertz CT molecular complexity index is 201. The second-order valence-corrected chi connectivity index (χ2v) is 3.72. The summed E-state index contributed by atoms with van der Waals surface area (Å²) in [5, 5.41) is 3.54. The number of methoxy groups -OCH3 is 1. The Labute approximate surface area is 84.7 Å².